The minimum absolute atomic E-state index is 0.247. The van der Waals surface area contributed by atoms with Crippen LogP contribution in [0.2, 0.25) is 0 Å². The first-order valence-electron chi connectivity index (χ1n) is 10.2. The first-order chi connectivity index (χ1) is 14.9. The molecule has 31 heavy (non-hydrogen) atoms. The summed E-state index contributed by atoms with van der Waals surface area (Å²) in [4.78, 5) is 17.3. The first kappa shape index (κ1) is 21.7. The Hall–Kier alpha value is -2.50. The number of rotatable bonds is 0. The van der Waals surface area contributed by atoms with Crippen molar-refractivity contribution in [2.24, 2.45) is 0 Å². The average Bonchev–Trinajstić information content (AvgIpc) is 3.30. The SMILES string of the molecule is CC1(C)Cc2cc3c(cc2O1)C(=O)NC=CC=C[C](=[W])c1nccn1CCOCCO3. The number of carbonyl (C=O) groups is 1. The Morgan fingerprint density at radius 1 is 1.16 bits per heavy atom. The van der Waals surface area contributed by atoms with Gasteiger partial charge in [0.15, 0.2) is 0 Å². The normalized spacial score (nSPS) is 18.8. The van der Waals surface area contributed by atoms with E-state index in [0.717, 1.165) is 27.5 Å². The second-order valence-electron chi connectivity index (χ2n) is 7.96. The Bertz CT molecular complexity index is 1060. The Morgan fingerprint density at radius 2 is 2.03 bits per heavy atom. The fourth-order valence-electron chi connectivity index (χ4n) is 3.59. The Morgan fingerprint density at radius 3 is 2.90 bits per heavy atom. The molecule has 0 saturated heterocycles. The van der Waals surface area contributed by atoms with Crippen LogP contribution in [0.25, 0.3) is 0 Å². The van der Waals surface area contributed by atoms with Crippen LogP contribution in [0.1, 0.15) is 35.6 Å². The molecule has 0 fully saturated rings. The molecule has 7 nitrogen and oxygen atoms in total. The summed E-state index contributed by atoms with van der Waals surface area (Å²) in [7, 11) is 0. The standard InChI is InChI=1S/C23H25N3O4.W/c1-23(2)16-17-14-20-18(15-19(17)30-23)22(27)25-7-5-3-4-6-21-24-8-9-26(21)10-11-28-12-13-29-20;/h3-5,7-9,14-15H,10-13,16H2,1-2H3,(H,25,27);. The number of allylic oxidation sites excluding steroid dienone is 3. The fraction of sp³-hybridized carbons (Fsp3) is 0.348. The summed E-state index contributed by atoms with van der Waals surface area (Å²) >= 11 is 1.31. The summed E-state index contributed by atoms with van der Waals surface area (Å²) < 4.78 is 20.9. The van der Waals surface area contributed by atoms with Crippen LogP contribution in [0.3, 0.4) is 0 Å². The molecule has 4 rings (SSSR count). The molecule has 0 aliphatic carbocycles. The van der Waals surface area contributed by atoms with E-state index in [1.54, 1.807) is 24.5 Å². The van der Waals surface area contributed by atoms with Crippen LogP contribution in [0.5, 0.6) is 11.5 Å². The molecular weight excluding hydrogens is 566 g/mol. The van der Waals surface area contributed by atoms with E-state index in [1.165, 1.54) is 19.4 Å². The molecule has 2 aliphatic rings. The number of amides is 1. The van der Waals surface area contributed by atoms with Crippen molar-refractivity contribution in [1.82, 2.24) is 14.9 Å². The Kier molecular flexibility index (Phi) is 6.54. The Labute approximate surface area is 192 Å². The number of ether oxygens (including phenoxy) is 3. The number of fused-ring (bicyclic) bond motifs is 3. The number of hydrogen-bond acceptors (Lipinski definition) is 5. The Balaban J connectivity index is 1.57. The molecule has 0 bridgehead atoms. The van der Waals surface area contributed by atoms with Crippen LogP contribution in [0.15, 0.2) is 49.0 Å². The molecule has 1 aromatic heterocycles. The first-order valence-corrected chi connectivity index (χ1v) is 11.7. The third-order valence-corrected chi connectivity index (χ3v) is 6.12. The van der Waals surface area contributed by atoms with Gasteiger partial charge in [-0.2, -0.15) is 0 Å². The number of carbonyl (C=O) groups excluding carboxylic acids is 1. The van der Waals surface area contributed by atoms with Crippen LogP contribution in [-0.4, -0.2) is 44.8 Å². The molecule has 1 aromatic carbocycles. The van der Waals surface area contributed by atoms with Gasteiger partial charge in [0.25, 0.3) is 0 Å². The molecule has 0 spiro atoms. The molecule has 2 aliphatic heterocycles. The number of hydrogen-bond donors (Lipinski definition) is 1. The quantitative estimate of drug-likeness (QED) is 0.511. The zero-order valence-corrected chi connectivity index (χ0v) is 20.5. The maximum absolute atomic E-state index is 12.8. The molecular formula is C23H25N3O4W. The van der Waals surface area contributed by atoms with Crippen molar-refractivity contribution in [3.8, 4) is 11.5 Å². The fourth-order valence-corrected chi connectivity index (χ4v) is 4.48. The predicted octanol–water partition coefficient (Wildman–Crippen LogP) is 2.57. The second-order valence-corrected chi connectivity index (χ2v) is 9.54. The van der Waals surface area contributed by atoms with Crippen molar-refractivity contribution < 1.29 is 38.4 Å². The van der Waals surface area contributed by atoms with Crippen molar-refractivity contribution in [2.45, 2.75) is 32.4 Å². The number of aromatic nitrogens is 2. The van der Waals surface area contributed by atoms with Gasteiger partial charge in [-0.25, -0.2) is 0 Å². The topological polar surface area (TPSA) is 74.6 Å². The summed E-state index contributed by atoms with van der Waals surface area (Å²) in [6.45, 7) is 6.12. The van der Waals surface area contributed by atoms with Gasteiger partial charge in [0.2, 0.25) is 0 Å². The van der Waals surface area contributed by atoms with Crippen molar-refractivity contribution in [3.05, 3.63) is 65.9 Å². The summed E-state index contributed by atoms with van der Waals surface area (Å²) in [5.41, 5.74) is 1.20. The van der Waals surface area contributed by atoms with Crippen LogP contribution in [0.4, 0.5) is 0 Å². The molecule has 0 unspecified atom stereocenters. The summed E-state index contributed by atoms with van der Waals surface area (Å²) in [6, 6.07) is 3.68. The van der Waals surface area contributed by atoms with Gasteiger partial charge in [0.05, 0.1) is 0 Å². The van der Waals surface area contributed by atoms with Crippen LogP contribution in [0, 0.1) is 0 Å². The zero-order valence-electron chi connectivity index (χ0n) is 17.6. The third-order valence-electron chi connectivity index (χ3n) is 4.98. The van der Waals surface area contributed by atoms with Gasteiger partial charge < -0.3 is 0 Å². The van der Waals surface area contributed by atoms with Gasteiger partial charge >= 0.3 is 179 Å². The van der Waals surface area contributed by atoms with E-state index in [-0.39, 0.29) is 11.5 Å². The number of nitrogens with one attached hydrogen (secondary N) is 1. The van der Waals surface area contributed by atoms with Crippen LogP contribution in [-0.2, 0) is 37.1 Å². The molecule has 8 heteroatoms. The number of benzene rings is 1. The second kappa shape index (κ2) is 9.33. The molecule has 3 heterocycles. The molecule has 1 N–H and O–H groups in total. The van der Waals surface area contributed by atoms with E-state index in [9.17, 15) is 4.79 Å². The van der Waals surface area contributed by atoms with E-state index in [2.05, 4.69) is 14.9 Å². The van der Waals surface area contributed by atoms with Crippen LogP contribution < -0.4 is 14.8 Å². The maximum atomic E-state index is 12.8. The molecule has 0 saturated carbocycles. The number of nitrogens with zero attached hydrogens (tertiary/aromatic N) is 2. The predicted molar refractivity (Wildman–Crippen MR) is 113 cm³/mol. The third kappa shape index (κ3) is 5.22. The van der Waals surface area contributed by atoms with E-state index in [4.69, 9.17) is 14.2 Å². The van der Waals surface area contributed by atoms with Gasteiger partial charge in [0.1, 0.15) is 0 Å². The van der Waals surface area contributed by atoms with Crippen molar-refractivity contribution in [1.29, 1.82) is 0 Å². The van der Waals surface area contributed by atoms with Gasteiger partial charge in [-0.3, -0.25) is 0 Å². The molecule has 1 amide bonds. The van der Waals surface area contributed by atoms with E-state index in [0.29, 0.717) is 37.7 Å². The van der Waals surface area contributed by atoms with E-state index in [1.807, 2.05) is 38.3 Å². The molecule has 2 aromatic rings. The van der Waals surface area contributed by atoms with Gasteiger partial charge in [-0.05, 0) is 13.8 Å². The molecule has 162 valence electrons. The zero-order chi connectivity index (χ0) is 21.8. The summed E-state index contributed by atoms with van der Waals surface area (Å²) in [5.74, 6) is 1.95. The number of imidazole rings is 1. The van der Waals surface area contributed by atoms with Crippen LogP contribution >= 0.6 is 0 Å². The van der Waals surface area contributed by atoms with Crippen molar-refractivity contribution in [2.75, 3.05) is 19.8 Å². The summed E-state index contributed by atoms with van der Waals surface area (Å²) in [5, 5.41) is 2.81. The van der Waals surface area contributed by atoms with E-state index >= 15 is 0 Å². The minimum atomic E-state index is -0.293. The van der Waals surface area contributed by atoms with Crippen molar-refractivity contribution in [3.63, 3.8) is 0 Å². The molecule has 0 atom stereocenters. The monoisotopic (exact) mass is 591 g/mol. The van der Waals surface area contributed by atoms with Gasteiger partial charge in [0, 0.05) is 0 Å². The van der Waals surface area contributed by atoms with Gasteiger partial charge in [-0.15, -0.1) is 0 Å². The van der Waals surface area contributed by atoms with Gasteiger partial charge in [-0.1, -0.05) is 0 Å². The average molecular weight is 591 g/mol. The van der Waals surface area contributed by atoms with E-state index < -0.39 is 0 Å². The summed E-state index contributed by atoms with van der Waals surface area (Å²) in [6.07, 6.45) is 11.8. The molecule has 0 radical (unpaired) electrons. The van der Waals surface area contributed by atoms with Crippen molar-refractivity contribution >= 4 is 9.81 Å².